The normalized spacial score (nSPS) is 17.1. The molecule has 0 radical (unpaired) electrons. The summed E-state index contributed by atoms with van der Waals surface area (Å²) in [4.78, 5) is 15.9. The van der Waals surface area contributed by atoms with Crippen LogP contribution >= 0.6 is 11.6 Å². The highest BCUT2D eigenvalue weighted by atomic mass is 35.5. The predicted octanol–water partition coefficient (Wildman–Crippen LogP) is 4.71. The van der Waals surface area contributed by atoms with E-state index in [2.05, 4.69) is 19.2 Å². The number of aromatic nitrogens is 2. The monoisotopic (exact) mass is 465 g/mol. The van der Waals surface area contributed by atoms with Gasteiger partial charge in [-0.1, -0.05) is 11.6 Å². The zero-order valence-corrected chi connectivity index (χ0v) is 15.7. The van der Waals surface area contributed by atoms with Gasteiger partial charge in [0.25, 0.3) is 0 Å². The highest BCUT2D eigenvalue weighted by Gasteiger charge is 2.66. The molecule has 3 rings (SSSR count). The summed E-state index contributed by atoms with van der Waals surface area (Å²) >= 11 is 5.84. The Morgan fingerprint density at radius 2 is 1.87 bits per heavy atom. The average Bonchev–Trinajstić information content (AvgIpc) is 3.01. The second kappa shape index (κ2) is 6.96. The van der Waals surface area contributed by atoms with E-state index in [1.165, 1.54) is 6.92 Å². The number of halogens is 8. The Kier molecular flexibility index (Phi) is 5.12. The highest BCUT2D eigenvalue weighted by molar-refractivity contribution is 6.35. The Morgan fingerprint density at radius 3 is 2.40 bits per heavy atom. The van der Waals surface area contributed by atoms with Crippen molar-refractivity contribution in [2.75, 3.05) is 13.7 Å². The van der Waals surface area contributed by atoms with Gasteiger partial charge in [0, 0.05) is 12.6 Å². The molecule has 0 fully saturated rings. The fourth-order valence-electron chi connectivity index (χ4n) is 2.72. The van der Waals surface area contributed by atoms with Gasteiger partial charge in [0.2, 0.25) is 5.82 Å². The van der Waals surface area contributed by atoms with Crippen LogP contribution in [0.3, 0.4) is 0 Å². The van der Waals surface area contributed by atoms with Gasteiger partial charge in [-0.05, 0) is 6.92 Å². The Hall–Kier alpha value is -2.64. The molecule has 0 aliphatic carbocycles. The van der Waals surface area contributed by atoms with Crippen LogP contribution in [0.4, 0.5) is 35.5 Å². The lowest BCUT2D eigenvalue weighted by molar-refractivity contribution is -0.391. The first-order valence-electron chi connectivity index (χ1n) is 8.00. The van der Waals surface area contributed by atoms with Crippen molar-refractivity contribution >= 4 is 28.7 Å². The van der Waals surface area contributed by atoms with E-state index in [0.29, 0.717) is 6.07 Å². The van der Waals surface area contributed by atoms with Crippen molar-refractivity contribution in [3.63, 3.8) is 0 Å². The number of imidazole rings is 1. The maximum absolute atomic E-state index is 13.7. The summed E-state index contributed by atoms with van der Waals surface area (Å²) in [5.41, 5.74) is -1.49. The second-order valence-corrected chi connectivity index (χ2v) is 6.36. The fraction of sp³-hybridized carbons (Fsp3) is 0.467. The fourth-order valence-corrected chi connectivity index (χ4v) is 2.95. The van der Waals surface area contributed by atoms with Gasteiger partial charge in [-0.15, -0.1) is 0 Å². The van der Waals surface area contributed by atoms with E-state index in [-0.39, 0.29) is 11.1 Å². The standard InChI is InChI=1S/C15H11ClF7N3O4/c1-3-25(12(27)28-2)5-26-9-8(24-11(26)13(17,18)19)6(16)4-7-10(9)30-15(22,23)14(20,21)29-7/h4H,3,5H2,1-2H3. The Labute approximate surface area is 167 Å². The van der Waals surface area contributed by atoms with Crippen molar-refractivity contribution in [3.8, 4) is 11.5 Å². The molecule has 1 aliphatic rings. The Balaban J connectivity index is 2.33. The van der Waals surface area contributed by atoms with Crippen LogP contribution in [0, 0.1) is 0 Å². The minimum absolute atomic E-state index is 0.155. The molecule has 0 N–H and O–H groups in total. The minimum atomic E-state index is -5.21. The van der Waals surface area contributed by atoms with Gasteiger partial charge in [0.05, 0.1) is 12.1 Å². The summed E-state index contributed by atoms with van der Waals surface area (Å²) in [5.74, 6) is -3.81. The minimum Gasteiger partial charge on any atom is -0.453 e. The number of benzene rings is 1. The molecule has 1 aromatic heterocycles. The van der Waals surface area contributed by atoms with E-state index >= 15 is 0 Å². The third-order valence-electron chi connectivity index (χ3n) is 4.08. The summed E-state index contributed by atoms with van der Waals surface area (Å²) in [6, 6.07) is 0.581. The molecule has 0 saturated heterocycles. The van der Waals surface area contributed by atoms with Gasteiger partial charge < -0.3 is 14.2 Å². The summed E-state index contributed by atoms with van der Waals surface area (Å²) in [5, 5.41) is -0.598. The molecule has 0 unspecified atom stereocenters. The molecule has 1 aromatic carbocycles. The van der Waals surface area contributed by atoms with Crippen LogP contribution in [-0.4, -0.2) is 46.4 Å². The first-order valence-corrected chi connectivity index (χ1v) is 8.37. The Morgan fingerprint density at radius 1 is 1.27 bits per heavy atom. The van der Waals surface area contributed by atoms with Gasteiger partial charge in [-0.25, -0.2) is 9.78 Å². The lowest BCUT2D eigenvalue weighted by atomic mass is 10.2. The lowest BCUT2D eigenvalue weighted by Crippen LogP contribution is -2.52. The maximum atomic E-state index is 13.7. The van der Waals surface area contributed by atoms with Crippen LogP contribution in [0.2, 0.25) is 5.02 Å². The number of carbonyl (C=O) groups excluding carboxylic acids is 1. The third-order valence-corrected chi connectivity index (χ3v) is 4.37. The number of fused-ring (bicyclic) bond motifs is 3. The molecule has 1 aliphatic heterocycles. The third kappa shape index (κ3) is 3.42. The zero-order valence-electron chi connectivity index (χ0n) is 15.0. The molecule has 0 saturated carbocycles. The van der Waals surface area contributed by atoms with Gasteiger partial charge in [-0.3, -0.25) is 9.47 Å². The predicted molar refractivity (Wildman–Crippen MR) is 85.7 cm³/mol. The van der Waals surface area contributed by atoms with Crippen LogP contribution in [0.15, 0.2) is 6.07 Å². The number of carbonyl (C=O) groups is 1. The molecule has 1 amide bonds. The van der Waals surface area contributed by atoms with Crippen LogP contribution in [0.25, 0.3) is 11.0 Å². The molecule has 0 bridgehead atoms. The van der Waals surface area contributed by atoms with Crippen molar-refractivity contribution in [1.82, 2.24) is 14.5 Å². The molecule has 7 nitrogen and oxygen atoms in total. The van der Waals surface area contributed by atoms with Crippen molar-refractivity contribution in [3.05, 3.63) is 16.9 Å². The number of methoxy groups -OCH3 is 1. The van der Waals surface area contributed by atoms with Crippen LogP contribution in [-0.2, 0) is 17.6 Å². The van der Waals surface area contributed by atoms with Gasteiger partial charge in [0.1, 0.15) is 17.7 Å². The molecular weight excluding hydrogens is 455 g/mol. The van der Waals surface area contributed by atoms with Crippen molar-refractivity contribution in [2.45, 2.75) is 32.0 Å². The largest absolute Gasteiger partial charge is 0.507 e. The first-order chi connectivity index (χ1) is 13.7. The van der Waals surface area contributed by atoms with E-state index < -0.39 is 64.5 Å². The Bertz CT molecular complexity index is 1010. The molecule has 15 heteroatoms. The number of nitrogens with zero attached hydrogens (tertiary/aromatic N) is 3. The average molecular weight is 466 g/mol. The molecule has 2 aromatic rings. The molecule has 0 atom stereocenters. The summed E-state index contributed by atoms with van der Waals surface area (Å²) < 4.78 is 108. The van der Waals surface area contributed by atoms with Gasteiger partial charge in [0.15, 0.2) is 11.5 Å². The highest BCUT2D eigenvalue weighted by Crippen LogP contribution is 2.52. The number of amides is 1. The number of rotatable bonds is 3. The van der Waals surface area contributed by atoms with Crippen molar-refractivity contribution in [2.24, 2.45) is 0 Å². The number of alkyl halides is 7. The molecule has 0 spiro atoms. The van der Waals surface area contributed by atoms with Gasteiger partial charge >= 0.3 is 24.5 Å². The molecule has 30 heavy (non-hydrogen) atoms. The topological polar surface area (TPSA) is 65.8 Å². The van der Waals surface area contributed by atoms with Crippen LogP contribution in [0.1, 0.15) is 12.7 Å². The maximum Gasteiger partial charge on any atom is 0.507 e. The van der Waals surface area contributed by atoms with Crippen molar-refractivity contribution in [1.29, 1.82) is 0 Å². The van der Waals surface area contributed by atoms with Gasteiger partial charge in [-0.2, -0.15) is 30.7 Å². The first kappa shape index (κ1) is 22.1. The molecular formula is C15H11ClF7N3O4. The summed E-state index contributed by atoms with van der Waals surface area (Å²) in [6.07, 6.45) is -16.5. The summed E-state index contributed by atoms with van der Waals surface area (Å²) in [6.45, 7) is 0.352. The van der Waals surface area contributed by atoms with E-state index in [9.17, 15) is 35.5 Å². The summed E-state index contributed by atoms with van der Waals surface area (Å²) in [7, 11) is 0.972. The van der Waals surface area contributed by atoms with E-state index in [1.807, 2.05) is 0 Å². The van der Waals surface area contributed by atoms with Crippen LogP contribution in [0.5, 0.6) is 11.5 Å². The SMILES string of the molecule is CCN(Cn1c(C(F)(F)F)nc2c(Cl)cc3c(c21)OC(F)(F)C(F)(F)O3)C(=O)OC. The van der Waals surface area contributed by atoms with Crippen molar-refractivity contribution < 1.29 is 49.7 Å². The number of hydrogen-bond donors (Lipinski definition) is 0. The van der Waals surface area contributed by atoms with Crippen LogP contribution < -0.4 is 9.47 Å². The van der Waals surface area contributed by atoms with E-state index in [0.717, 1.165) is 12.0 Å². The number of ether oxygens (including phenoxy) is 3. The number of hydrogen-bond acceptors (Lipinski definition) is 5. The quantitative estimate of drug-likeness (QED) is 0.614. The lowest BCUT2D eigenvalue weighted by Gasteiger charge is -2.32. The zero-order chi connectivity index (χ0) is 22.6. The second-order valence-electron chi connectivity index (χ2n) is 5.95. The molecule has 166 valence electrons. The smallest absolute Gasteiger partial charge is 0.453 e. The van der Waals surface area contributed by atoms with E-state index in [4.69, 9.17) is 11.6 Å². The van der Waals surface area contributed by atoms with E-state index in [1.54, 1.807) is 0 Å². The molecule has 2 heterocycles.